The van der Waals surface area contributed by atoms with E-state index in [-0.39, 0.29) is 11.7 Å². The summed E-state index contributed by atoms with van der Waals surface area (Å²) in [6.07, 6.45) is 10.2. The molecule has 6 heteroatoms. The van der Waals surface area contributed by atoms with Gasteiger partial charge in [0.2, 0.25) is 5.91 Å². The number of carbonyl (C=O) groups excluding carboxylic acids is 2. The summed E-state index contributed by atoms with van der Waals surface area (Å²) < 4.78 is 1.80. The van der Waals surface area contributed by atoms with Gasteiger partial charge in [-0.1, -0.05) is 18.2 Å². The highest BCUT2D eigenvalue weighted by Gasteiger charge is 2.21. The molecule has 6 nitrogen and oxygen atoms in total. The van der Waals surface area contributed by atoms with Crippen LogP contribution in [0.5, 0.6) is 0 Å². The topological polar surface area (TPSA) is 68.1 Å². The molecular weight excluding hydrogens is 412 g/mol. The van der Waals surface area contributed by atoms with Crippen LogP contribution < -0.4 is 4.90 Å². The molecule has 2 aromatic heterocycles. The molecule has 4 aromatic rings. The molecule has 33 heavy (non-hydrogen) atoms. The molecule has 0 unspecified atom stereocenters. The summed E-state index contributed by atoms with van der Waals surface area (Å²) >= 11 is 0. The maximum Gasteiger partial charge on any atom is 0.227 e. The number of rotatable bonds is 6. The second-order valence-electron chi connectivity index (χ2n) is 7.85. The molecule has 1 aliphatic heterocycles. The van der Waals surface area contributed by atoms with Crippen LogP contribution in [0.1, 0.15) is 28.8 Å². The minimum atomic E-state index is -0.112. The molecule has 1 saturated heterocycles. The van der Waals surface area contributed by atoms with Gasteiger partial charge >= 0.3 is 0 Å². The van der Waals surface area contributed by atoms with Crippen molar-refractivity contribution in [2.45, 2.75) is 12.8 Å². The van der Waals surface area contributed by atoms with Crippen molar-refractivity contribution in [3.63, 3.8) is 0 Å². The van der Waals surface area contributed by atoms with E-state index in [4.69, 9.17) is 5.10 Å². The van der Waals surface area contributed by atoms with Crippen LogP contribution >= 0.6 is 0 Å². The Morgan fingerprint density at radius 1 is 0.939 bits per heavy atom. The van der Waals surface area contributed by atoms with Gasteiger partial charge in [0.1, 0.15) is 5.69 Å². The Balaban J connectivity index is 1.42. The molecule has 0 bridgehead atoms. The Kier molecular flexibility index (Phi) is 5.64. The van der Waals surface area contributed by atoms with Crippen molar-refractivity contribution in [1.82, 2.24) is 14.8 Å². The maximum absolute atomic E-state index is 12.8. The molecule has 2 aromatic carbocycles. The molecule has 1 fully saturated rings. The van der Waals surface area contributed by atoms with E-state index in [1.165, 1.54) is 0 Å². The molecule has 0 atom stereocenters. The second kappa shape index (κ2) is 9.04. The smallest absolute Gasteiger partial charge is 0.227 e. The van der Waals surface area contributed by atoms with Crippen LogP contribution in [-0.4, -0.2) is 33.0 Å². The molecule has 0 radical (unpaired) electrons. The minimum absolute atomic E-state index is 0.112. The molecule has 0 spiro atoms. The van der Waals surface area contributed by atoms with Gasteiger partial charge in [0, 0.05) is 53.9 Å². The normalized spacial score (nSPS) is 13.7. The van der Waals surface area contributed by atoms with Crippen LogP contribution in [0.25, 0.3) is 23.0 Å². The molecule has 162 valence electrons. The van der Waals surface area contributed by atoms with Gasteiger partial charge in [0.15, 0.2) is 5.78 Å². The largest absolute Gasteiger partial charge is 0.312 e. The Bertz CT molecular complexity index is 1310. The Morgan fingerprint density at radius 2 is 1.76 bits per heavy atom. The highest BCUT2D eigenvalue weighted by atomic mass is 16.2. The van der Waals surface area contributed by atoms with Crippen molar-refractivity contribution in [2.75, 3.05) is 11.4 Å². The lowest BCUT2D eigenvalue weighted by Gasteiger charge is -2.15. The van der Waals surface area contributed by atoms with E-state index in [1.54, 1.807) is 46.3 Å². The van der Waals surface area contributed by atoms with Crippen molar-refractivity contribution in [3.8, 4) is 16.9 Å². The number of nitrogens with zero attached hydrogens (tertiary/aromatic N) is 4. The molecule has 1 amide bonds. The Morgan fingerprint density at radius 3 is 2.45 bits per heavy atom. The lowest BCUT2D eigenvalue weighted by Crippen LogP contribution is -2.23. The zero-order valence-electron chi connectivity index (χ0n) is 18.0. The summed E-state index contributed by atoms with van der Waals surface area (Å²) in [4.78, 5) is 30.7. The number of amides is 1. The number of hydrogen-bond donors (Lipinski definition) is 0. The number of hydrogen-bond acceptors (Lipinski definition) is 4. The average Bonchev–Trinajstić information content (AvgIpc) is 3.50. The van der Waals surface area contributed by atoms with E-state index in [9.17, 15) is 9.59 Å². The molecule has 1 aliphatic rings. The van der Waals surface area contributed by atoms with E-state index in [0.29, 0.717) is 12.0 Å². The van der Waals surface area contributed by atoms with E-state index in [0.717, 1.165) is 41.2 Å². The number of anilines is 1. The SMILES string of the molecule is O=C(/C=C/c1cn(-c2ccccc2)nc1-c1cccnc1)c1ccc(N2CCCC2=O)cc1. The first-order valence-electron chi connectivity index (χ1n) is 10.9. The number of pyridine rings is 1. The van der Waals surface area contributed by atoms with Gasteiger partial charge in [0.05, 0.1) is 5.69 Å². The van der Waals surface area contributed by atoms with Crippen molar-refractivity contribution in [2.24, 2.45) is 0 Å². The summed E-state index contributed by atoms with van der Waals surface area (Å²) in [7, 11) is 0. The number of para-hydroxylation sites is 1. The van der Waals surface area contributed by atoms with Crippen LogP contribution in [0.15, 0.2) is 91.4 Å². The van der Waals surface area contributed by atoms with Crippen LogP contribution in [0.3, 0.4) is 0 Å². The molecule has 0 N–H and O–H groups in total. The van der Waals surface area contributed by atoms with E-state index in [1.807, 2.05) is 60.8 Å². The van der Waals surface area contributed by atoms with Gasteiger partial charge in [-0.2, -0.15) is 5.10 Å². The lowest BCUT2D eigenvalue weighted by atomic mass is 10.1. The lowest BCUT2D eigenvalue weighted by molar-refractivity contribution is -0.117. The van der Waals surface area contributed by atoms with Crippen molar-refractivity contribution in [1.29, 1.82) is 0 Å². The zero-order chi connectivity index (χ0) is 22.6. The summed E-state index contributed by atoms with van der Waals surface area (Å²) in [5.74, 6) is 0.0197. The third-order valence-corrected chi connectivity index (χ3v) is 5.65. The fraction of sp³-hybridized carbons (Fsp3) is 0.111. The summed E-state index contributed by atoms with van der Waals surface area (Å²) in [5, 5.41) is 4.74. The number of ketones is 1. The predicted octanol–water partition coefficient (Wildman–Crippen LogP) is 4.96. The van der Waals surface area contributed by atoms with Gasteiger partial charge in [-0.3, -0.25) is 14.6 Å². The van der Waals surface area contributed by atoms with Gasteiger partial charge in [-0.25, -0.2) is 4.68 Å². The van der Waals surface area contributed by atoms with Crippen LogP contribution in [0.2, 0.25) is 0 Å². The first-order chi connectivity index (χ1) is 16.2. The molecule has 5 rings (SSSR count). The quantitative estimate of drug-likeness (QED) is 0.318. The molecule has 3 heterocycles. The predicted molar refractivity (Wildman–Crippen MR) is 128 cm³/mol. The highest BCUT2D eigenvalue weighted by molar-refractivity contribution is 6.07. The minimum Gasteiger partial charge on any atom is -0.312 e. The summed E-state index contributed by atoms with van der Waals surface area (Å²) in [6.45, 7) is 0.731. The summed E-state index contributed by atoms with van der Waals surface area (Å²) in [6, 6.07) is 20.8. The van der Waals surface area contributed by atoms with Crippen molar-refractivity contribution in [3.05, 3.63) is 103 Å². The third-order valence-electron chi connectivity index (χ3n) is 5.65. The fourth-order valence-electron chi connectivity index (χ4n) is 3.94. The second-order valence-corrected chi connectivity index (χ2v) is 7.85. The highest BCUT2D eigenvalue weighted by Crippen LogP contribution is 2.25. The first-order valence-corrected chi connectivity index (χ1v) is 10.9. The standard InChI is InChI=1S/C27H22N4O2/c32-25(20-10-13-23(14-11-20)30-17-5-9-26(30)33)15-12-22-19-31(24-7-2-1-3-8-24)29-27(22)21-6-4-16-28-18-21/h1-4,6-8,10-16,18-19H,5,9,17H2/b15-12+. The van der Waals surface area contributed by atoms with Crippen LogP contribution in [0, 0.1) is 0 Å². The van der Waals surface area contributed by atoms with Crippen molar-refractivity contribution < 1.29 is 9.59 Å². The van der Waals surface area contributed by atoms with E-state index >= 15 is 0 Å². The average molecular weight is 434 g/mol. The van der Waals surface area contributed by atoms with Crippen molar-refractivity contribution >= 4 is 23.5 Å². The maximum atomic E-state index is 12.8. The molecular formula is C27H22N4O2. The number of benzene rings is 2. The Labute approximate surface area is 191 Å². The number of allylic oxidation sites excluding steroid dienone is 1. The fourth-order valence-corrected chi connectivity index (χ4v) is 3.94. The van der Waals surface area contributed by atoms with Gasteiger partial charge in [-0.05, 0) is 67.1 Å². The van der Waals surface area contributed by atoms with Gasteiger partial charge in [-0.15, -0.1) is 0 Å². The van der Waals surface area contributed by atoms with Gasteiger partial charge < -0.3 is 4.90 Å². The monoisotopic (exact) mass is 434 g/mol. The Hall–Kier alpha value is -4.32. The molecule has 0 aliphatic carbocycles. The first kappa shape index (κ1) is 20.6. The summed E-state index contributed by atoms with van der Waals surface area (Å²) in [5.41, 5.74) is 4.78. The molecule has 0 saturated carbocycles. The van der Waals surface area contributed by atoms with Gasteiger partial charge in [0.25, 0.3) is 0 Å². The van der Waals surface area contributed by atoms with Crippen LogP contribution in [-0.2, 0) is 4.79 Å². The zero-order valence-corrected chi connectivity index (χ0v) is 18.0. The van der Waals surface area contributed by atoms with Crippen LogP contribution in [0.4, 0.5) is 5.69 Å². The van der Waals surface area contributed by atoms with E-state index < -0.39 is 0 Å². The number of carbonyl (C=O) groups is 2. The third kappa shape index (κ3) is 4.36. The van der Waals surface area contributed by atoms with E-state index in [2.05, 4.69) is 4.98 Å². The number of aromatic nitrogens is 3.